The first-order chi connectivity index (χ1) is 9.99. The summed E-state index contributed by atoms with van der Waals surface area (Å²) in [5, 5.41) is 11.0. The molecule has 0 aliphatic rings. The molecule has 0 unspecified atom stereocenters. The Morgan fingerprint density at radius 1 is 1.29 bits per heavy atom. The number of carbonyl (C=O) groups excluding carboxylic acids is 1. The highest BCUT2D eigenvalue weighted by Gasteiger charge is 2.18. The molecule has 21 heavy (non-hydrogen) atoms. The summed E-state index contributed by atoms with van der Waals surface area (Å²) in [6.45, 7) is 8.37. The van der Waals surface area contributed by atoms with Gasteiger partial charge in [0.2, 0.25) is 11.8 Å². The molecular formula is C15H19N3O2S. The maximum Gasteiger partial charge on any atom is 0.277 e. The largest absolute Gasteiger partial charge is 0.411 e. The first kappa shape index (κ1) is 15.6. The average molecular weight is 305 g/mol. The van der Waals surface area contributed by atoms with Crippen LogP contribution in [-0.4, -0.2) is 27.9 Å². The smallest absolute Gasteiger partial charge is 0.277 e. The van der Waals surface area contributed by atoms with Gasteiger partial charge in [0.15, 0.2) is 0 Å². The van der Waals surface area contributed by atoms with Gasteiger partial charge in [-0.3, -0.25) is 4.79 Å². The minimum Gasteiger partial charge on any atom is -0.411 e. The molecule has 0 radical (unpaired) electrons. The zero-order valence-electron chi connectivity index (χ0n) is 12.6. The van der Waals surface area contributed by atoms with Gasteiger partial charge in [0.05, 0.1) is 5.25 Å². The number of nitrogens with zero attached hydrogens (tertiary/aromatic N) is 2. The van der Waals surface area contributed by atoms with Crippen molar-refractivity contribution in [2.24, 2.45) is 0 Å². The van der Waals surface area contributed by atoms with Crippen LogP contribution in [0.1, 0.15) is 25.0 Å². The number of aryl methyl sites for hydroxylation is 2. The predicted molar refractivity (Wildman–Crippen MR) is 83.2 cm³/mol. The van der Waals surface area contributed by atoms with E-state index in [-0.39, 0.29) is 11.2 Å². The Morgan fingerprint density at radius 3 is 2.57 bits per heavy atom. The number of aromatic nitrogens is 2. The van der Waals surface area contributed by atoms with E-state index in [2.05, 4.69) is 21.6 Å². The van der Waals surface area contributed by atoms with Crippen molar-refractivity contribution in [3.63, 3.8) is 0 Å². The van der Waals surface area contributed by atoms with Crippen molar-refractivity contribution in [1.29, 1.82) is 0 Å². The lowest BCUT2D eigenvalue weighted by Gasteiger charge is -2.07. The van der Waals surface area contributed by atoms with E-state index in [4.69, 9.17) is 4.42 Å². The monoisotopic (exact) mass is 305 g/mol. The van der Waals surface area contributed by atoms with Gasteiger partial charge in [0.1, 0.15) is 0 Å². The summed E-state index contributed by atoms with van der Waals surface area (Å²) >= 11 is 1.26. The van der Waals surface area contributed by atoms with Gasteiger partial charge in [-0.15, -0.1) is 10.2 Å². The van der Waals surface area contributed by atoms with Crippen LogP contribution in [0.25, 0.3) is 11.5 Å². The summed E-state index contributed by atoms with van der Waals surface area (Å²) in [4.78, 5) is 11.7. The third-order valence-electron chi connectivity index (χ3n) is 2.87. The van der Waals surface area contributed by atoms with Crippen LogP contribution < -0.4 is 5.32 Å². The standard InChI is InChI=1S/C15H19N3O2S/c1-5-16-13(19)11(4)21-15-18-17-14(20-15)12-7-9(2)6-10(3)8-12/h6-8,11H,5H2,1-4H3,(H,16,19)/t11-/m0/s1. The van der Waals surface area contributed by atoms with Crippen LogP contribution in [-0.2, 0) is 4.79 Å². The molecule has 0 aliphatic carbocycles. The molecule has 2 rings (SSSR count). The maximum atomic E-state index is 11.7. The lowest BCUT2D eigenvalue weighted by atomic mass is 10.1. The quantitative estimate of drug-likeness (QED) is 0.860. The number of hydrogen-bond acceptors (Lipinski definition) is 5. The summed E-state index contributed by atoms with van der Waals surface area (Å²) in [6, 6.07) is 6.09. The number of hydrogen-bond donors (Lipinski definition) is 1. The van der Waals surface area contributed by atoms with E-state index in [0.717, 1.165) is 16.7 Å². The van der Waals surface area contributed by atoms with Crippen LogP contribution in [0.5, 0.6) is 0 Å². The van der Waals surface area contributed by atoms with E-state index in [9.17, 15) is 4.79 Å². The summed E-state index contributed by atoms with van der Waals surface area (Å²) in [5.74, 6) is 0.445. The minimum atomic E-state index is -0.266. The SMILES string of the molecule is CCNC(=O)[C@H](C)Sc1nnc(-c2cc(C)cc(C)c2)o1. The second-order valence-electron chi connectivity index (χ2n) is 4.90. The number of carbonyl (C=O) groups is 1. The Morgan fingerprint density at radius 2 is 1.95 bits per heavy atom. The Balaban J connectivity index is 2.12. The van der Waals surface area contributed by atoms with Crippen LogP contribution in [0.15, 0.2) is 27.8 Å². The predicted octanol–water partition coefficient (Wildman–Crippen LogP) is 2.97. The van der Waals surface area contributed by atoms with Crippen LogP contribution in [0, 0.1) is 13.8 Å². The minimum absolute atomic E-state index is 0.0337. The van der Waals surface area contributed by atoms with E-state index in [1.54, 1.807) is 0 Å². The lowest BCUT2D eigenvalue weighted by Crippen LogP contribution is -2.30. The maximum absolute atomic E-state index is 11.7. The Labute approximate surface area is 128 Å². The van der Waals surface area contributed by atoms with E-state index < -0.39 is 0 Å². The zero-order chi connectivity index (χ0) is 15.4. The number of amides is 1. The summed E-state index contributed by atoms with van der Waals surface area (Å²) in [7, 11) is 0. The van der Waals surface area contributed by atoms with Gasteiger partial charge in [-0.25, -0.2) is 0 Å². The molecule has 0 saturated heterocycles. The zero-order valence-corrected chi connectivity index (χ0v) is 13.5. The van der Waals surface area contributed by atoms with E-state index in [1.807, 2.05) is 39.8 Å². The molecule has 5 nitrogen and oxygen atoms in total. The number of thioether (sulfide) groups is 1. The third-order valence-corrected chi connectivity index (χ3v) is 3.81. The molecule has 112 valence electrons. The van der Waals surface area contributed by atoms with Gasteiger partial charge in [-0.05, 0) is 39.8 Å². The van der Waals surface area contributed by atoms with Crippen molar-refractivity contribution in [1.82, 2.24) is 15.5 Å². The third kappa shape index (κ3) is 4.07. The number of benzene rings is 1. The van der Waals surface area contributed by atoms with Gasteiger partial charge in [-0.2, -0.15) is 0 Å². The van der Waals surface area contributed by atoms with Crippen LogP contribution >= 0.6 is 11.8 Å². The van der Waals surface area contributed by atoms with E-state index >= 15 is 0 Å². The molecule has 0 fully saturated rings. The lowest BCUT2D eigenvalue weighted by molar-refractivity contribution is -0.120. The fourth-order valence-corrected chi connectivity index (χ4v) is 2.70. The first-order valence-electron chi connectivity index (χ1n) is 6.86. The van der Waals surface area contributed by atoms with Crippen molar-refractivity contribution < 1.29 is 9.21 Å². The summed E-state index contributed by atoms with van der Waals surface area (Å²) in [5.41, 5.74) is 3.19. The fraction of sp³-hybridized carbons (Fsp3) is 0.400. The molecule has 0 spiro atoms. The van der Waals surface area contributed by atoms with Gasteiger partial charge < -0.3 is 9.73 Å². The van der Waals surface area contributed by atoms with Crippen molar-refractivity contribution in [3.05, 3.63) is 29.3 Å². The van der Waals surface area contributed by atoms with Crippen molar-refractivity contribution in [2.75, 3.05) is 6.54 Å². The Bertz CT molecular complexity index is 619. The highest BCUT2D eigenvalue weighted by Crippen LogP contribution is 2.27. The topological polar surface area (TPSA) is 68.0 Å². The summed E-state index contributed by atoms with van der Waals surface area (Å²) in [6.07, 6.45) is 0. The molecule has 0 aliphatic heterocycles. The van der Waals surface area contributed by atoms with Crippen LogP contribution in [0.2, 0.25) is 0 Å². The van der Waals surface area contributed by atoms with Crippen LogP contribution in [0.4, 0.5) is 0 Å². The molecule has 1 atom stereocenters. The number of nitrogens with one attached hydrogen (secondary N) is 1. The van der Waals surface area contributed by atoms with E-state index in [1.165, 1.54) is 11.8 Å². The molecule has 6 heteroatoms. The Kier molecular flexibility index (Phi) is 5.01. The van der Waals surface area contributed by atoms with E-state index in [0.29, 0.717) is 17.7 Å². The summed E-state index contributed by atoms with van der Waals surface area (Å²) < 4.78 is 5.64. The molecule has 1 aromatic carbocycles. The molecular weight excluding hydrogens is 286 g/mol. The highest BCUT2D eigenvalue weighted by molar-refractivity contribution is 8.00. The molecule has 1 aromatic heterocycles. The molecule has 1 amide bonds. The van der Waals surface area contributed by atoms with Gasteiger partial charge >= 0.3 is 0 Å². The van der Waals surface area contributed by atoms with Crippen LogP contribution in [0.3, 0.4) is 0 Å². The van der Waals surface area contributed by atoms with Crippen molar-refractivity contribution in [3.8, 4) is 11.5 Å². The normalized spacial score (nSPS) is 12.2. The second-order valence-corrected chi connectivity index (χ2v) is 6.20. The molecule has 1 N–H and O–H groups in total. The number of rotatable bonds is 5. The highest BCUT2D eigenvalue weighted by atomic mass is 32.2. The molecule has 1 heterocycles. The molecule has 0 bridgehead atoms. The first-order valence-corrected chi connectivity index (χ1v) is 7.74. The van der Waals surface area contributed by atoms with Gasteiger partial charge in [-0.1, -0.05) is 29.0 Å². The van der Waals surface area contributed by atoms with Gasteiger partial charge in [0, 0.05) is 12.1 Å². The fourth-order valence-electron chi connectivity index (χ4n) is 1.99. The molecule has 0 saturated carbocycles. The van der Waals surface area contributed by atoms with Crippen molar-refractivity contribution >= 4 is 17.7 Å². The molecule has 2 aromatic rings. The Hall–Kier alpha value is -1.82. The van der Waals surface area contributed by atoms with Gasteiger partial charge in [0.25, 0.3) is 5.22 Å². The van der Waals surface area contributed by atoms with Crippen molar-refractivity contribution in [2.45, 2.75) is 38.2 Å². The second kappa shape index (κ2) is 6.76. The average Bonchev–Trinajstić information content (AvgIpc) is 2.86.